The number of hydrogen-bond acceptors (Lipinski definition) is 2. The molecule has 2 heterocycles. The quantitative estimate of drug-likeness (QED) is 0.727. The molecule has 1 fully saturated rings. The van der Waals surface area contributed by atoms with E-state index in [4.69, 9.17) is 4.98 Å². The average molecular weight is 291 g/mol. The van der Waals surface area contributed by atoms with Gasteiger partial charge < -0.3 is 9.47 Å². The predicted octanol–water partition coefficient (Wildman–Crippen LogP) is 3.09. The van der Waals surface area contributed by atoms with Crippen molar-refractivity contribution < 1.29 is 4.79 Å². The van der Waals surface area contributed by atoms with Gasteiger partial charge in [0.1, 0.15) is 5.82 Å². The molecule has 0 aliphatic carbocycles. The van der Waals surface area contributed by atoms with Crippen molar-refractivity contribution in [1.82, 2.24) is 9.55 Å². The number of para-hydroxylation sites is 3. The van der Waals surface area contributed by atoms with Crippen LogP contribution in [-0.4, -0.2) is 22.0 Å². The van der Waals surface area contributed by atoms with Gasteiger partial charge in [-0.05, 0) is 24.3 Å². The fourth-order valence-corrected chi connectivity index (χ4v) is 3.27. The summed E-state index contributed by atoms with van der Waals surface area (Å²) in [5.41, 5.74) is 3.07. The minimum absolute atomic E-state index is 0.144. The number of imidazole rings is 1. The molecule has 1 aliphatic heterocycles. The number of hydrogen-bond donors (Lipinski definition) is 0. The molecule has 0 unspecified atom stereocenters. The maximum absolute atomic E-state index is 12.4. The molecular weight excluding hydrogens is 274 g/mol. The zero-order chi connectivity index (χ0) is 15.1. The summed E-state index contributed by atoms with van der Waals surface area (Å²) in [4.78, 5) is 19.0. The van der Waals surface area contributed by atoms with Gasteiger partial charge in [0, 0.05) is 31.6 Å². The maximum Gasteiger partial charge on any atom is 0.227 e. The summed E-state index contributed by atoms with van der Waals surface area (Å²) in [5.74, 6) is 1.31. The molecule has 4 heteroatoms. The fraction of sp³-hybridized carbons (Fsp3) is 0.222. The Kier molecular flexibility index (Phi) is 2.96. The summed E-state index contributed by atoms with van der Waals surface area (Å²) in [6.07, 6.45) is 0.520. The number of carbonyl (C=O) groups is 1. The van der Waals surface area contributed by atoms with Crippen molar-refractivity contribution >= 4 is 22.6 Å². The zero-order valence-corrected chi connectivity index (χ0v) is 12.4. The maximum atomic E-state index is 12.4. The van der Waals surface area contributed by atoms with Crippen LogP contribution in [0.5, 0.6) is 0 Å². The van der Waals surface area contributed by atoms with Gasteiger partial charge in [0.2, 0.25) is 5.91 Å². The highest BCUT2D eigenvalue weighted by Crippen LogP contribution is 2.32. The van der Waals surface area contributed by atoms with Gasteiger partial charge in [-0.2, -0.15) is 0 Å². The molecule has 2 aromatic carbocycles. The first kappa shape index (κ1) is 13.1. The molecule has 22 heavy (non-hydrogen) atoms. The summed E-state index contributed by atoms with van der Waals surface area (Å²) in [7, 11) is 2.03. The molecule has 0 N–H and O–H groups in total. The Morgan fingerprint density at radius 2 is 1.77 bits per heavy atom. The van der Waals surface area contributed by atoms with Crippen LogP contribution in [0, 0.1) is 0 Å². The van der Waals surface area contributed by atoms with Gasteiger partial charge in [-0.3, -0.25) is 4.79 Å². The number of anilines is 1. The first-order valence-electron chi connectivity index (χ1n) is 7.51. The van der Waals surface area contributed by atoms with E-state index in [0.29, 0.717) is 13.0 Å². The summed E-state index contributed by atoms with van der Waals surface area (Å²) in [6.45, 7) is 0.694. The highest BCUT2D eigenvalue weighted by Gasteiger charge is 2.34. The lowest BCUT2D eigenvalue weighted by Gasteiger charge is -2.16. The van der Waals surface area contributed by atoms with Gasteiger partial charge in [0.25, 0.3) is 0 Å². The normalized spacial score (nSPS) is 18.3. The predicted molar refractivity (Wildman–Crippen MR) is 86.9 cm³/mol. The second-order valence-corrected chi connectivity index (χ2v) is 5.76. The summed E-state index contributed by atoms with van der Waals surface area (Å²) in [5, 5.41) is 0. The van der Waals surface area contributed by atoms with E-state index >= 15 is 0 Å². The number of aryl methyl sites for hydroxylation is 1. The molecule has 0 radical (unpaired) electrons. The molecule has 1 saturated heterocycles. The van der Waals surface area contributed by atoms with Crippen LogP contribution in [-0.2, 0) is 11.8 Å². The molecule has 0 bridgehead atoms. The number of amides is 1. The smallest absolute Gasteiger partial charge is 0.227 e. The van der Waals surface area contributed by atoms with Crippen molar-refractivity contribution in [2.24, 2.45) is 7.05 Å². The van der Waals surface area contributed by atoms with Crippen LogP contribution < -0.4 is 4.90 Å². The molecule has 4 nitrogen and oxygen atoms in total. The second-order valence-electron chi connectivity index (χ2n) is 5.76. The van der Waals surface area contributed by atoms with Gasteiger partial charge in [0.15, 0.2) is 0 Å². The number of aromatic nitrogens is 2. The topological polar surface area (TPSA) is 38.1 Å². The molecular formula is C18H17N3O. The van der Waals surface area contributed by atoms with E-state index in [1.807, 2.05) is 60.5 Å². The van der Waals surface area contributed by atoms with Crippen LogP contribution in [0.1, 0.15) is 18.2 Å². The van der Waals surface area contributed by atoms with E-state index in [0.717, 1.165) is 22.5 Å². The minimum atomic E-state index is 0.144. The van der Waals surface area contributed by atoms with Crippen molar-refractivity contribution in [3.05, 3.63) is 60.4 Å². The summed E-state index contributed by atoms with van der Waals surface area (Å²) >= 11 is 0. The lowest BCUT2D eigenvalue weighted by atomic mass is 10.1. The second kappa shape index (κ2) is 4.98. The van der Waals surface area contributed by atoms with E-state index in [2.05, 4.69) is 10.6 Å². The van der Waals surface area contributed by atoms with Crippen LogP contribution >= 0.6 is 0 Å². The third kappa shape index (κ3) is 1.99. The summed E-state index contributed by atoms with van der Waals surface area (Å²) < 4.78 is 2.11. The number of carbonyl (C=O) groups excluding carboxylic acids is 1. The number of fused-ring (bicyclic) bond motifs is 1. The van der Waals surface area contributed by atoms with Crippen molar-refractivity contribution in [3.8, 4) is 0 Å². The van der Waals surface area contributed by atoms with Gasteiger partial charge in [-0.25, -0.2) is 4.98 Å². The third-order valence-electron chi connectivity index (χ3n) is 4.38. The highest BCUT2D eigenvalue weighted by atomic mass is 16.2. The van der Waals surface area contributed by atoms with Crippen molar-refractivity contribution in [2.45, 2.75) is 12.3 Å². The number of nitrogens with zero attached hydrogens (tertiary/aromatic N) is 3. The monoisotopic (exact) mass is 291 g/mol. The molecule has 4 rings (SSSR count). The lowest BCUT2D eigenvalue weighted by Crippen LogP contribution is -2.24. The first-order chi connectivity index (χ1) is 10.7. The Labute approximate surface area is 129 Å². The van der Waals surface area contributed by atoms with E-state index in [1.54, 1.807) is 0 Å². The third-order valence-corrected chi connectivity index (χ3v) is 4.38. The molecule has 1 amide bonds. The van der Waals surface area contributed by atoms with Crippen LogP contribution in [0.3, 0.4) is 0 Å². The Morgan fingerprint density at radius 1 is 1.05 bits per heavy atom. The molecule has 1 aliphatic rings. The van der Waals surface area contributed by atoms with Crippen LogP contribution in [0.2, 0.25) is 0 Å². The van der Waals surface area contributed by atoms with Gasteiger partial charge >= 0.3 is 0 Å². The average Bonchev–Trinajstić information content (AvgIpc) is 3.09. The van der Waals surface area contributed by atoms with Crippen LogP contribution in [0.15, 0.2) is 54.6 Å². The van der Waals surface area contributed by atoms with Crippen LogP contribution in [0.4, 0.5) is 5.69 Å². The van der Waals surface area contributed by atoms with Gasteiger partial charge in [0.05, 0.1) is 11.0 Å². The van der Waals surface area contributed by atoms with E-state index in [-0.39, 0.29) is 11.8 Å². The van der Waals surface area contributed by atoms with Crippen molar-refractivity contribution in [2.75, 3.05) is 11.4 Å². The Bertz CT molecular complexity index is 838. The minimum Gasteiger partial charge on any atom is -0.331 e. The van der Waals surface area contributed by atoms with Gasteiger partial charge in [-0.1, -0.05) is 30.3 Å². The summed E-state index contributed by atoms with van der Waals surface area (Å²) in [6, 6.07) is 18.0. The largest absolute Gasteiger partial charge is 0.331 e. The standard InChI is InChI=1S/C18H17N3O/c1-20-16-10-6-5-9-15(16)19-18(20)13-11-17(22)21(12-13)14-7-3-2-4-8-14/h2-10,13H,11-12H2,1H3/t13-/m1/s1. The Hall–Kier alpha value is -2.62. The molecule has 1 atom stereocenters. The van der Waals surface area contributed by atoms with E-state index < -0.39 is 0 Å². The Balaban J connectivity index is 1.69. The fourth-order valence-electron chi connectivity index (χ4n) is 3.27. The van der Waals surface area contributed by atoms with Crippen molar-refractivity contribution in [3.63, 3.8) is 0 Å². The number of rotatable bonds is 2. The molecule has 3 aromatic rings. The molecule has 0 saturated carbocycles. The SMILES string of the molecule is Cn1c([C@@H]2CC(=O)N(c3ccccc3)C2)nc2ccccc21. The first-order valence-corrected chi connectivity index (χ1v) is 7.51. The Morgan fingerprint density at radius 3 is 2.55 bits per heavy atom. The van der Waals surface area contributed by atoms with Crippen LogP contribution in [0.25, 0.3) is 11.0 Å². The van der Waals surface area contributed by atoms with E-state index in [9.17, 15) is 4.79 Å². The van der Waals surface area contributed by atoms with Crippen molar-refractivity contribution in [1.29, 1.82) is 0 Å². The highest BCUT2D eigenvalue weighted by molar-refractivity contribution is 5.96. The molecule has 1 aromatic heterocycles. The molecule has 110 valence electrons. The van der Waals surface area contributed by atoms with E-state index in [1.165, 1.54) is 0 Å². The number of benzene rings is 2. The zero-order valence-electron chi connectivity index (χ0n) is 12.4. The lowest BCUT2D eigenvalue weighted by molar-refractivity contribution is -0.117. The van der Waals surface area contributed by atoms with Gasteiger partial charge in [-0.15, -0.1) is 0 Å². The molecule has 0 spiro atoms.